The highest BCUT2D eigenvalue weighted by Crippen LogP contribution is 2.28. The zero-order chi connectivity index (χ0) is 14.9. The molecular weight excluding hydrogens is 256 g/mol. The fourth-order valence-electron chi connectivity index (χ4n) is 2.90. The minimum absolute atomic E-state index is 0.574. The van der Waals surface area contributed by atoms with Crippen molar-refractivity contribution in [3.63, 3.8) is 0 Å². The highest BCUT2D eigenvalue weighted by atomic mass is 14.7. The van der Waals surface area contributed by atoms with E-state index in [1.807, 2.05) is 24.5 Å². The van der Waals surface area contributed by atoms with E-state index < -0.39 is 0 Å². The van der Waals surface area contributed by atoms with Crippen molar-refractivity contribution in [3.05, 3.63) is 60.2 Å². The topological polar surface area (TPSA) is 25.8 Å². The Morgan fingerprint density at radius 1 is 1.00 bits per heavy atom. The molecule has 112 valence electrons. The Balaban J connectivity index is 1.97. The van der Waals surface area contributed by atoms with E-state index in [4.69, 9.17) is 0 Å². The maximum atomic E-state index is 4.58. The van der Waals surface area contributed by atoms with Crippen LogP contribution in [-0.2, 0) is 6.42 Å². The third-order valence-electron chi connectivity index (χ3n) is 3.98. The molecule has 0 fully saturated rings. The highest BCUT2D eigenvalue weighted by Gasteiger charge is 2.16. The Bertz CT molecular complexity index is 495. The van der Waals surface area contributed by atoms with Crippen LogP contribution in [0.3, 0.4) is 0 Å². The lowest BCUT2D eigenvalue weighted by atomic mass is 9.86. The van der Waals surface area contributed by atoms with Crippen molar-refractivity contribution in [3.8, 4) is 0 Å². The van der Waals surface area contributed by atoms with Crippen LogP contribution >= 0.6 is 0 Å². The summed E-state index contributed by atoms with van der Waals surface area (Å²) in [5.74, 6) is 1.20. The van der Waals surface area contributed by atoms with Crippen molar-refractivity contribution >= 4 is 0 Å². The van der Waals surface area contributed by atoms with Crippen LogP contribution in [0.25, 0.3) is 0 Å². The smallest absolute Gasteiger partial charge is 0.0434 e. The molecule has 0 aliphatic carbocycles. The van der Waals surface area contributed by atoms with Gasteiger partial charge in [-0.05, 0) is 49.4 Å². The van der Waals surface area contributed by atoms with Crippen molar-refractivity contribution < 1.29 is 0 Å². The minimum Gasteiger partial charge on any atom is -0.261 e. The van der Waals surface area contributed by atoms with Crippen molar-refractivity contribution in [1.29, 1.82) is 0 Å². The van der Waals surface area contributed by atoms with E-state index in [1.165, 1.54) is 37.1 Å². The molecule has 0 amide bonds. The van der Waals surface area contributed by atoms with E-state index in [0.29, 0.717) is 11.8 Å². The van der Waals surface area contributed by atoms with Gasteiger partial charge >= 0.3 is 0 Å². The number of hydrogen-bond donors (Lipinski definition) is 0. The maximum absolute atomic E-state index is 4.58. The first-order chi connectivity index (χ1) is 10.3. The number of unbranched alkanes of at least 4 members (excludes halogenated alkanes) is 1. The summed E-state index contributed by atoms with van der Waals surface area (Å²) in [7, 11) is 0. The van der Waals surface area contributed by atoms with E-state index >= 15 is 0 Å². The number of nitrogens with zero attached hydrogens (tertiary/aromatic N) is 2. The molecule has 2 heteroatoms. The summed E-state index contributed by atoms with van der Waals surface area (Å²) in [6, 6.07) is 12.4. The Kier molecular flexibility index (Phi) is 6.39. The van der Waals surface area contributed by atoms with Gasteiger partial charge in [0.05, 0.1) is 0 Å². The van der Waals surface area contributed by atoms with Gasteiger partial charge in [0.25, 0.3) is 0 Å². The van der Waals surface area contributed by atoms with Gasteiger partial charge in [0.1, 0.15) is 0 Å². The molecule has 0 spiro atoms. The molecular formula is C19H26N2. The van der Waals surface area contributed by atoms with E-state index in [9.17, 15) is 0 Å². The van der Waals surface area contributed by atoms with Gasteiger partial charge in [-0.1, -0.05) is 38.8 Å². The van der Waals surface area contributed by atoms with Crippen LogP contribution < -0.4 is 0 Å². The van der Waals surface area contributed by atoms with Gasteiger partial charge in [-0.3, -0.25) is 9.97 Å². The molecule has 2 atom stereocenters. The van der Waals surface area contributed by atoms with Crippen LogP contribution in [0.15, 0.2) is 48.8 Å². The van der Waals surface area contributed by atoms with Gasteiger partial charge < -0.3 is 0 Å². The SMILES string of the molecule is CCCCC(CC(C)Cc1ccccn1)c1ccccn1. The molecule has 0 aromatic carbocycles. The monoisotopic (exact) mass is 282 g/mol. The summed E-state index contributed by atoms with van der Waals surface area (Å²) in [6.45, 7) is 4.59. The number of pyridine rings is 2. The van der Waals surface area contributed by atoms with Crippen LogP contribution in [0.4, 0.5) is 0 Å². The normalized spacial score (nSPS) is 13.8. The second-order valence-electron chi connectivity index (χ2n) is 5.96. The molecule has 0 aliphatic heterocycles. The van der Waals surface area contributed by atoms with Crippen LogP contribution in [-0.4, -0.2) is 9.97 Å². The lowest BCUT2D eigenvalue weighted by Crippen LogP contribution is -2.10. The van der Waals surface area contributed by atoms with Crippen LogP contribution in [0.2, 0.25) is 0 Å². The molecule has 2 aromatic heterocycles. The second-order valence-corrected chi connectivity index (χ2v) is 5.96. The third-order valence-corrected chi connectivity index (χ3v) is 3.98. The zero-order valence-electron chi connectivity index (χ0n) is 13.2. The molecule has 2 aromatic rings. The summed E-state index contributed by atoms with van der Waals surface area (Å²) in [5, 5.41) is 0. The first-order valence-corrected chi connectivity index (χ1v) is 8.10. The van der Waals surface area contributed by atoms with Crippen molar-refractivity contribution in [1.82, 2.24) is 9.97 Å². The minimum atomic E-state index is 0.574. The quantitative estimate of drug-likeness (QED) is 0.679. The molecule has 0 saturated carbocycles. The van der Waals surface area contributed by atoms with Gasteiger partial charge in [0, 0.05) is 29.7 Å². The van der Waals surface area contributed by atoms with E-state index in [1.54, 1.807) is 0 Å². The molecule has 21 heavy (non-hydrogen) atoms. The summed E-state index contributed by atoms with van der Waals surface area (Å²) in [5.41, 5.74) is 2.44. The lowest BCUT2D eigenvalue weighted by molar-refractivity contribution is 0.428. The summed E-state index contributed by atoms with van der Waals surface area (Å²) in [6.07, 6.45) is 9.80. The van der Waals surface area contributed by atoms with E-state index in [2.05, 4.69) is 48.1 Å². The maximum Gasteiger partial charge on any atom is 0.0434 e. The highest BCUT2D eigenvalue weighted by molar-refractivity contribution is 5.10. The summed E-state index contributed by atoms with van der Waals surface area (Å²) in [4.78, 5) is 9.02. The van der Waals surface area contributed by atoms with Gasteiger partial charge in [0.2, 0.25) is 0 Å². The standard InChI is InChI=1S/C19H26N2/c1-3-4-9-17(19-11-6-8-13-21-19)14-16(2)15-18-10-5-7-12-20-18/h5-8,10-13,16-17H,3-4,9,14-15H2,1-2H3. The fourth-order valence-corrected chi connectivity index (χ4v) is 2.90. The summed E-state index contributed by atoms with van der Waals surface area (Å²) < 4.78 is 0. The van der Waals surface area contributed by atoms with Crippen LogP contribution in [0.5, 0.6) is 0 Å². The third kappa shape index (κ3) is 5.30. The zero-order valence-corrected chi connectivity index (χ0v) is 13.2. The molecule has 0 aliphatic rings. The van der Waals surface area contributed by atoms with Crippen molar-refractivity contribution in [2.24, 2.45) is 5.92 Å². The largest absolute Gasteiger partial charge is 0.261 e. The van der Waals surface area contributed by atoms with E-state index in [-0.39, 0.29) is 0 Å². The summed E-state index contributed by atoms with van der Waals surface area (Å²) >= 11 is 0. The Morgan fingerprint density at radius 3 is 2.38 bits per heavy atom. The molecule has 2 unspecified atom stereocenters. The molecule has 2 nitrogen and oxygen atoms in total. The molecule has 0 bridgehead atoms. The molecule has 2 heterocycles. The van der Waals surface area contributed by atoms with E-state index in [0.717, 1.165) is 6.42 Å². The van der Waals surface area contributed by atoms with Crippen molar-refractivity contribution in [2.45, 2.75) is 51.9 Å². The predicted molar refractivity (Wildman–Crippen MR) is 88.2 cm³/mol. The molecule has 0 N–H and O–H groups in total. The Labute approximate surface area is 128 Å². The van der Waals surface area contributed by atoms with Crippen LogP contribution in [0.1, 0.15) is 56.8 Å². The molecule has 0 radical (unpaired) electrons. The Morgan fingerprint density at radius 2 is 1.76 bits per heavy atom. The molecule has 0 saturated heterocycles. The Hall–Kier alpha value is -1.70. The lowest BCUT2D eigenvalue weighted by Gasteiger charge is -2.20. The van der Waals surface area contributed by atoms with Gasteiger partial charge in [-0.25, -0.2) is 0 Å². The number of aromatic nitrogens is 2. The van der Waals surface area contributed by atoms with Gasteiger partial charge in [0.15, 0.2) is 0 Å². The van der Waals surface area contributed by atoms with Gasteiger partial charge in [-0.15, -0.1) is 0 Å². The first kappa shape index (κ1) is 15.7. The number of hydrogen-bond acceptors (Lipinski definition) is 2. The average Bonchev–Trinajstić information content (AvgIpc) is 2.53. The average molecular weight is 282 g/mol. The van der Waals surface area contributed by atoms with Gasteiger partial charge in [-0.2, -0.15) is 0 Å². The first-order valence-electron chi connectivity index (χ1n) is 8.10. The van der Waals surface area contributed by atoms with Crippen molar-refractivity contribution in [2.75, 3.05) is 0 Å². The number of rotatable bonds is 8. The molecule has 2 rings (SSSR count). The predicted octanol–water partition coefficient (Wildman–Crippen LogP) is 5.02. The second kappa shape index (κ2) is 8.56. The fraction of sp³-hybridized carbons (Fsp3) is 0.474. The van der Waals surface area contributed by atoms with Crippen LogP contribution in [0, 0.1) is 5.92 Å².